The lowest BCUT2D eigenvalue weighted by atomic mass is 9.93. The predicted octanol–water partition coefficient (Wildman–Crippen LogP) is 0.656. The number of ether oxygens (including phenoxy) is 1. The molecule has 138 valence electrons. The van der Waals surface area contributed by atoms with Crippen molar-refractivity contribution < 1.29 is 9.53 Å². The van der Waals surface area contributed by atoms with Crippen molar-refractivity contribution in [2.45, 2.75) is 19.3 Å². The van der Waals surface area contributed by atoms with Gasteiger partial charge in [0.05, 0.1) is 25.5 Å². The molecule has 7 nitrogen and oxygen atoms in total. The Hall–Kier alpha value is -1.73. The van der Waals surface area contributed by atoms with Crippen LogP contribution in [0.5, 0.6) is 0 Å². The summed E-state index contributed by atoms with van der Waals surface area (Å²) in [6.45, 7) is 5.77. The van der Waals surface area contributed by atoms with E-state index in [1.807, 2.05) is 14.1 Å². The van der Waals surface area contributed by atoms with E-state index in [-0.39, 0.29) is 5.91 Å². The van der Waals surface area contributed by atoms with Gasteiger partial charge in [0.1, 0.15) is 0 Å². The SMILES string of the molecule is CN(C)C(=O)CN1CCCC(Cc2ccc(N3CCOCC3)nn2)C1. The zero-order chi connectivity index (χ0) is 17.6. The summed E-state index contributed by atoms with van der Waals surface area (Å²) >= 11 is 0. The topological polar surface area (TPSA) is 61.8 Å². The Morgan fingerprint density at radius 3 is 2.72 bits per heavy atom. The number of anilines is 1. The third-order valence-electron chi connectivity index (χ3n) is 5.00. The second-order valence-electron chi connectivity index (χ2n) is 7.22. The minimum absolute atomic E-state index is 0.176. The fourth-order valence-electron chi connectivity index (χ4n) is 3.51. The molecule has 0 aliphatic carbocycles. The molecular weight excluding hydrogens is 318 g/mol. The van der Waals surface area contributed by atoms with Crippen molar-refractivity contribution in [2.75, 3.05) is 64.9 Å². The van der Waals surface area contributed by atoms with Gasteiger partial charge in [0.25, 0.3) is 0 Å². The summed E-state index contributed by atoms with van der Waals surface area (Å²) in [5, 5.41) is 8.84. The lowest BCUT2D eigenvalue weighted by molar-refractivity contribution is -0.130. The molecule has 2 aliphatic rings. The number of hydrogen-bond acceptors (Lipinski definition) is 6. The molecule has 2 fully saturated rings. The third kappa shape index (κ3) is 5.12. The molecule has 0 bridgehead atoms. The second kappa shape index (κ2) is 8.58. The van der Waals surface area contributed by atoms with Gasteiger partial charge in [-0.05, 0) is 43.9 Å². The molecular formula is C18H29N5O2. The van der Waals surface area contributed by atoms with Crippen LogP contribution in [0.25, 0.3) is 0 Å². The van der Waals surface area contributed by atoms with Crippen LogP contribution < -0.4 is 4.90 Å². The van der Waals surface area contributed by atoms with Crippen LogP contribution >= 0.6 is 0 Å². The van der Waals surface area contributed by atoms with Gasteiger partial charge in [-0.2, -0.15) is 5.10 Å². The van der Waals surface area contributed by atoms with Crippen LogP contribution in [0.15, 0.2) is 12.1 Å². The van der Waals surface area contributed by atoms with E-state index in [4.69, 9.17) is 4.74 Å². The Balaban J connectivity index is 1.52. The molecule has 1 aromatic rings. The normalized spacial score (nSPS) is 22.0. The number of carbonyl (C=O) groups is 1. The lowest BCUT2D eigenvalue weighted by Crippen LogP contribution is -2.42. The first-order chi connectivity index (χ1) is 12.1. The first kappa shape index (κ1) is 18.1. The van der Waals surface area contributed by atoms with Crippen molar-refractivity contribution in [1.82, 2.24) is 20.0 Å². The summed E-state index contributed by atoms with van der Waals surface area (Å²) in [5.74, 6) is 1.66. The molecule has 0 aromatic carbocycles. The van der Waals surface area contributed by atoms with E-state index >= 15 is 0 Å². The van der Waals surface area contributed by atoms with Crippen LogP contribution in [0, 0.1) is 5.92 Å². The molecule has 0 spiro atoms. The van der Waals surface area contributed by atoms with Crippen LogP contribution in [0.1, 0.15) is 18.5 Å². The maximum atomic E-state index is 11.9. The standard InChI is InChI=1S/C18H29N5O2/c1-21(2)18(24)14-22-7-3-4-15(13-22)12-16-5-6-17(20-19-16)23-8-10-25-11-9-23/h5-6,15H,3-4,7-14H2,1-2H3. The van der Waals surface area contributed by atoms with E-state index in [9.17, 15) is 4.79 Å². The molecule has 7 heteroatoms. The Morgan fingerprint density at radius 2 is 2.04 bits per heavy atom. The first-order valence-electron chi connectivity index (χ1n) is 9.19. The number of piperidine rings is 1. The van der Waals surface area contributed by atoms with Gasteiger partial charge < -0.3 is 14.5 Å². The van der Waals surface area contributed by atoms with Gasteiger partial charge in [-0.15, -0.1) is 5.10 Å². The van der Waals surface area contributed by atoms with Crippen molar-refractivity contribution in [3.8, 4) is 0 Å². The van der Waals surface area contributed by atoms with Crippen LogP contribution in [-0.4, -0.2) is 85.9 Å². The van der Waals surface area contributed by atoms with Crippen LogP contribution in [0.3, 0.4) is 0 Å². The third-order valence-corrected chi connectivity index (χ3v) is 5.00. The molecule has 1 atom stereocenters. The number of aromatic nitrogens is 2. The number of likely N-dealkylation sites (N-methyl/N-ethyl adjacent to an activating group) is 1. The second-order valence-corrected chi connectivity index (χ2v) is 7.22. The smallest absolute Gasteiger partial charge is 0.236 e. The fourth-order valence-corrected chi connectivity index (χ4v) is 3.51. The largest absolute Gasteiger partial charge is 0.378 e. The Bertz CT molecular complexity index is 557. The number of likely N-dealkylation sites (tertiary alicyclic amines) is 1. The van der Waals surface area contributed by atoms with Crippen molar-refractivity contribution in [3.63, 3.8) is 0 Å². The highest BCUT2D eigenvalue weighted by molar-refractivity contribution is 5.77. The molecule has 0 saturated carbocycles. The number of amides is 1. The fraction of sp³-hybridized carbons (Fsp3) is 0.722. The molecule has 1 aromatic heterocycles. The Morgan fingerprint density at radius 1 is 1.24 bits per heavy atom. The first-order valence-corrected chi connectivity index (χ1v) is 9.19. The average Bonchev–Trinajstić information content (AvgIpc) is 2.63. The summed E-state index contributed by atoms with van der Waals surface area (Å²) in [7, 11) is 3.63. The molecule has 2 aliphatic heterocycles. The molecule has 3 rings (SSSR count). The maximum absolute atomic E-state index is 11.9. The molecule has 25 heavy (non-hydrogen) atoms. The van der Waals surface area contributed by atoms with Gasteiger partial charge in [0.2, 0.25) is 5.91 Å². The van der Waals surface area contributed by atoms with Gasteiger partial charge in [-0.1, -0.05) is 0 Å². The quantitative estimate of drug-likeness (QED) is 0.780. The predicted molar refractivity (Wildman–Crippen MR) is 96.6 cm³/mol. The monoisotopic (exact) mass is 347 g/mol. The highest BCUT2D eigenvalue weighted by atomic mass is 16.5. The molecule has 0 radical (unpaired) electrons. The van der Waals surface area contributed by atoms with Gasteiger partial charge in [-0.25, -0.2) is 0 Å². The zero-order valence-corrected chi connectivity index (χ0v) is 15.4. The molecule has 0 N–H and O–H groups in total. The van der Waals surface area contributed by atoms with Crippen molar-refractivity contribution in [2.24, 2.45) is 5.92 Å². The lowest BCUT2D eigenvalue weighted by Gasteiger charge is -2.32. The highest BCUT2D eigenvalue weighted by Crippen LogP contribution is 2.21. The van der Waals surface area contributed by atoms with E-state index in [0.717, 1.165) is 63.7 Å². The molecule has 1 amide bonds. The molecule has 1 unspecified atom stereocenters. The van der Waals surface area contributed by atoms with E-state index in [0.29, 0.717) is 12.5 Å². The number of morpholine rings is 1. The Kier molecular flexibility index (Phi) is 6.20. The van der Waals surface area contributed by atoms with Crippen molar-refractivity contribution >= 4 is 11.7 Å². The van der Waals surface area contributed by atoms with Gasteiger partial charge in [0.15, 0.2) is 5.82 Å². The van der Waals surface area contributed by atoms with Gasteiger partial charge >= 0.3 is 0 Å². The van der Waals surface area contributed by atoms with Crippen molar-refractivity contribution in [3.05, 3.63) is 17.8 Å². The van der Waals surface area contributed by atoms with Crippen molar-refractivity contribution in [1.29, 1.82) is 0 Å². The van der Waals surface area contributed by atoms with E-state index < -0.39 is 0 Å². The Labute approximate surface area is 149 Å². The van der Waals surface area contributed by atoms with E-state index in [1.165, 1.54) is 6.42 Å². The average molecular weight is 347 g/mol. The summed E-state index contributed by atoms with van der Waals surface area (Å²) in [4.78, 5) is 18.1. The summed E-state index contributed by atoms with van der Waals surface area (Å²) in [6.07, 6.45) is 3.27. The summed E-state index contributed by atoms with van der Waals surface area (Å²) in [6, 6.07) is 4.17. The van der Waals surface area contributed by atoms with Gasteiger partial charge in [-0.3, -0.25) is 9.69 Å². The van der Waals surface area contributed by atoms with Crippen LogP contribution in [0.2, 0.25) is 0 Å². The minimum Gasteiger partial charge on any atom is -0.378 e. The van der Waals surface area contributed by atoms with E-state index in [2.05, 4.69) is 32.1 Å². The number of nitrogens with zero attached hydrogens (tertiary/aromatic N) is 5. The van der Waals surface area contributed by atoms with Crippen LogP contribution in [-0.2, 0) is 16.0 Å². The molecule has 3 heterocycles. The van der Waals surface area contributed by atoms with E-state index in [1.54, 1.807) is 4.90 Å². The van der Waals surface area contributed by atoms with Crippen LogP contribution in [0.4, 0.5) is 5.82 Å². The summed E-state index contributed by atoms with van der Waals surface area (Å²) < 4.78 is 5.38. The number of hydrogen-bond donors (Lipinski definition) is 0. The van der Waals surface area contributed by atoms with Gasteiger partial charge in [0, 0.05) is 33.7 Å². The zero-order valence-electron chi connectivity index (χ0n) is 15.4. The highest BCUT2D eigenvalue weighted by Gasteiger charge is 2.23. The molecule has 2 saturated heterocycles. The number of carbonyl (C=O) groups excluding carboxylic acids is 1. The maximum Gasteiger partial charge on any atom is 0.236 e. The number of rotatable bonds is 5. The minimum atomic E-state index is 0.176. The summed E-state index contributed by atoms with van der Waals surface area (Å²) in [5.41, 5.74) is 1.04.